The smallest absolute Gasteiger partial charge is 0.242 e. The molecule has 0 aromatic carbocycles. The van der Waals surface area contributed by atoms with Crippen LogP contribution >= 0.6 is 0 Å². The molecule has 104 valence electrons. The summed E-state index contributed by atoms with van der Waals surface area (Å²) in [7, 11) is 0. The third-order valence-electron chi connectivity index (χ3n) is 3.33. The van der Waals surface area contributed by atoms with E-state index in [-0.39, 0.29) is 23.8 Å². The van der Waals surface area contributed by atoms with Crippen LogP contribution in [0.15, 0.2) is 0 Å². The predicted molar refractivity (Wildman–Crippen MR) is 68.8 cm³/mol. The van der Waals surface area contributed by atoms with Crippen LogP contribution in [-0.2, 0) is 9.59 Å². The van der Waals surface area contributed by atoms with Gasteiger partial charge in [-0.3, -0.25) is 9.59 Å². The fraction of sp³-hybridized carbons (Fsp3) is 0.846. The molecule has 5 heteroatoms. The number of nitrogens with one attached hydrogen (secondary N) is 2. The van der Waals surface area contributed by atoms with Crippen molar-refractivity contribution in [3.05, 3.63) is 0 Å². The van der Waals surface area contributed by atoms with Crippen molar-refractivity contribution in [1.82, 2.24) is 10.6 Å². The average Bonchev–Trinajstić information content (AvgIpc) is 3.04. The Morgan fingerprint density at radius 2 is 1.94 bits per heavy atom. The Hall–Kier alpha value is -1.10. The Kier molecular flexibility index (Phi) is 5.14. The summed E-state index contributed by atoms with van der Waals surface area (Å²) in [6.07, 6.45) is 2.54. The summed E-state index contributed by atoms with van der Waals surface area (Å²) in [5.74, 6) is -0.0157. The summed E-state index contributed by atoms with van der Waals surface area (Å²) in [5, 5.41) is 14.7. The van der Waals surface area contributed by atoms with Crippen molar-refractivity contribution in [3.8, 4) is 0 Å². The molecule has 0 aromatic heterocycles. The molecule has 0 radical (unpaired) electrons. The van der Waals surface area contributed by atoms with Gasteiger partial charge in [0.2, 0.25) is 11.8 Å². The first-order valence-corrected chi connectivity index (χ1v) is 6.54. The summed E-state index contributed by atoms with van der Waals surface area (Å²) < 4.78 is 0. The van der Waals surface area contributed by atoms with Crippen molar-refractivity contribution in [2.24, 2.45) is 11.3 Å². The lowest BCUT2D eigenvalue weighted by Crippen LogP contribution is -2.48. The summed E-state index contributed by atoms with van der Waals surface area (Å²) in [4.78, 5) is 23.1. The largest absolute Gasteiger partial charge is 0.396 e. The lowest BCUT2D eigenvalue weighted by atomic mass is 10.0. The maximum Gasteiger partial charge on any atom is 0.242 e. The molecule has 5 nitrogen and oxygen atoms in total. The number of rotatable bonds is 7. The second kappa shape index (κ2) is 6.18. The molecule has 0 aliphatic heterocycles. The maximum atomic E-state index is 12.0. The van der Waals surface area contributed by atoms with E-state index in [2.05, 4.69) is 10.6 Å². The van der Waals surface area contributed by atoms with Crippen LogP contribution < -0.4 is 10.6 Å². The second-order valence-electron chi connectivity index (χ2n) is 5.76. The van der Waals surface area contributed by atoms with Gasteiger partial charge in [-0.05, 0) is 25.2 Å². The van der Waals surface area contributed by atoms with Gasteiger partial charge >= 0.3 is 0 Å². The number of carbonyl (C=O) groups is 2. The standard InChI is InChI=1S/C13H24N2O3/c1-9(2)6-11(15-10(3)17)12(18)14-7-13(8-16)4-5-13/h9,11,16H,4-8H2,1-3H3,(H,14,18)(H,15,17)/t11-/m0/s1. The molecule has 0 heterocycles. The molecule has 0 unspecified atom stereocenters. The molecule has 3 N–H and O–H groups in total. The van der Waals surface area contributed by atoms with Gasteiger partial charge in [0, 0.05) is 18.9 Å². The van der Waals surface area contributed by atoms with Crippen molar-refractivity contribution in [1.29, 1.82) is 0 Å². The van der Waals surface area contributed by atoms with E-state index in [4.69, 9.17) is 0 Å². The van der Waals surface area contributed by atoms with Gasteiger partial charge in [-0.1, -0.05) is 13.8 Å². The molecule has 1 atom stereocenters. The normalized spacial score (nSPS) is 18.3. The Morgan fingerprint density at radius 3 is 2.33 bits per heavy atom. The van der Waals surface area contributed by atoms with Crippen LogP contribution in [-0.4, -0.2) is 36.1 Å². The van der Waals surface area contributed by atoms with Gasteiger partial charge in [0.15, 0.2) is 0 Å². The molecule has 1 fully saturated rings. The van der Waals surface area contributed by atoms with Crippen LogP contribution in [0.5, 0.6) is 0 Å². The number of carbonyl (C=O) groups excluding carboxylic acids is 2. The van der Waals surface area contributed by atoms with Gasteiger partial charge < -0.3 is 15.7 Å². The Morgan fingerprint density at radius 1 is 1.33 bits per heavy atom. The van der Waals surface area contributed by atoms with Crippen molar-refractivity contribution >= 4 is 11.8 Å². The number of hydrogen-bond acceptors (Lipinski definition) is 3. The highest BCUT2D eigenvalue weighted by Crippen LogP contribution is 2.44. The molecule has 0 bridgehead atoms. The van der Waals surface area contributed by atoms with Crippen LogP contribution in [0.3, 0.4) is 0 Å². The molecule has 1 aliphatic rings. The van der Waals surface area contributed by atoms with E-state index in [1.807, 2.05) is 13.8 Å². The summed E-state index contributed by atoms with van der Waals surface area (Å²) in [5.41, 5.74) is -0.103. The zero-order chi connectivity index (χ0) is 13.8. The summed E-state index contributed by atoms with van der Waals surface area (Å²) in [6, 6.07) is -0.475. The molecule has 0 aromatic rings. The fourth-order valence-corrected chi connectivity index (χ4v) is 1.91. The summed E-state index contributed by atoms with van der Waals surface area (Å²) >= 11 is 0. The van der Waals surface area contributed by atoms with Crippen molar-refractivity contribution in [2.75, 3.05) is 13.2 Å². The molecular formula is C13H24N2O3. The molecule has 1 rings (SSSR count). The lowest BCUT2D eigenvalue weighted by Gasteiger charge is -2.21. The third-order valence-corrected chi connectivity index (χ3v) is 3.33. The molecule has 18 heavy (non-hydrogen) atoms. The molecule has 0 spiro atoms. The van der Waals surface area contributed by atoms with E-state index in [1.54, 1.807) is 0 Å². The predicted octanol–water partition coefficient (Wildman–Crippen LogP) is 0.426. The number of amides is 2. The Balaban J connectivity index is 2.45. The van der Waals surface area contributed by atoms with Crippen LogP contribution in [0.25, 0.3) is 0 Å². The minimum atomic E-state index is -0.475. The van der Waals surface area contributed by atoms with Crippen LogP contribution in [0, 0.1) is 11.3 Å². The van der Waals surface area contributed by atoms with E-state index in [0.717, 1.165) is 12.8 Å². The van der Waals surface area contributed by atoms with Gasteiger partial charge in [0.05, 0.1) is 6.61 Å². The minimum absolute atomic E-state index is 0.103. The topological polar surface area (TPSA) is 78.4 Å². The lowest BCUT2D eigenvalue weighted by molar-refractivity contribution is -0.128. The van der Waals surface area contributed by atoms with Crippen LogP contribution in [0.4, 0.5) is 0 Å². The van der Waals surface area contributed by atoms with Crippen molar-refractivity contribution in [2.45, 2.75) is 46.1 Å². The number of aliphatic hydroxyl groups excluding tert-OH is 1. The van der Waals surface area contributed by atoms with Gasteiger partial charge in [-0.15, -0.1) is 0 Å². The van der Waals surface area contributed by atoms with Crippen molar-refractivity contribution in [3.63, 3.8) is 0 Å². The third kappa shape index (κ3) is 4.64. The quantitative estimate of drug-likeness (QED) is 0.618. The monoisotopic (exact) mass is 256 g/mol. The van der Waals surface area contributed by atoms with Gasteiger partial charge in [0.25, 0.3) is 0 Å². The number of aliphatic hydroxyl groups is 1. The summed E-state index contributed by atoms with van der Waals surface area (Å²) in [6.45, 7) is 6.05. The van der Waals surface area contributed by atoms with E-state index in [0.29, 0.717) is 18.9 Å². The maximum absolute atomic E-state index is 12.0. The molecule has 1 saturated carbocycles. The van der Waals surface area contributed by atoms with E-state index < -0.39 is 6.04 Å². The van der Waals surface area contributed by atoms with Gasteiger partial charge in [-0.25, -0.2) is 0 Å². The SMILES string of the molecule is CC(=O)N[C@@H](CC(C)C)C(=O)NCC1(CO)CC1. The highest BCUT2D eigenvalue weighted by molar-refractivity contribution is 5.86. The average molecular weight is 256 g/mol. The van der Waals surface area contributed by atoms with E-state index >= 15 is 0 Å². The zero-order valence-electron chi connectivity index (χ0n) is 11.5. The first-order valence-electron chi connectivity index (χ1n) is 6.54. The van der Waals surface area contributed by atoms with Gasteiger partial charge in [0.1, 0.15) is 6.04 Å². The van der Waals surface area contributed by atoms with E-state index in [1.165, 1.54) is 6.92 Å². The first-order chi connectivity index (χ1) is 8.38. The first kappa shape index (κ1) is 15.0. The zero-order valence-corrected chi connectivity index (χ0v) is 11.5. The molecular weight excluding hydrogens is 232 g/mol. The molecule has 0 saturated heterocycles. The van der Waals surface area contributed by atoms with Crippen LogP contribution in [0.1, 0.15) is 40.0 Å². The second-order valence-corrected chi connectivity index (χ2v) is 5.76. The van der Waals surface area contributed by atoms with Crippen molar-refractivity contribution < 1.29 is 14.7 Å². The van der Waals surface area contributed by atoms with Crippen LogP contribution in [0.2, 0.25) is 0 Å². The Labute approximate surface area is 108 Å². The Bertz CT molecular complexity index is 311. The molecule has 1 aliphatic carbocycles. The molecule has 2 amide bonds. The minimum Gasteiger partial charge on any atom is -0.396 e. The highest BCUT2D eigenvalue weighted by Gasteiger charge is 2.42. The van der Waals surface area contributed by atoms with E-state index in [9.17, 15) is 14.7 Å². The number of hydrogen-bond donors (Lipinski definition) is 3. The highest BCUT2D eigenvalue weighted by atomic mass is 16.3. The fourth-order valence-electron chi connectivity index (χ4n) is 1.91. The van der Waals surface area contributed by atoms with Gasteiger partial charge in [-0.2, -0.15) is 0 Å².